The standard InChI is InChI=1S/C34H34O4/c1-22(2)37-34(36)38-29-16-10-25(11-17-29)5-7-27-13-19-31-30-18-12-26(20-32(30)23(3)33(31)21-27)6-4-24-8-14-28(35)15-9-24/h8-23,35H,4-7H2,1-3H3. The van der Waals surface area contributed by atoms with Gasteiger partial charge in [0, 0.05) is 5.92 Å². The predicted octanol–water partition coefficient (Wildman–Crippen LogP) is 8.02. The van der Waals surface area contributed by atoms with Crippen molar-refractivity contribution >= 4 is 6.16 Å². The highest BCUT2D eigenvalue weighted by atomic mass is 16.7. The van der Waals surface area contributed by atoms with Gasteiger partial charge in [0.2, 0.25) is 0 Å². The first-order valence-corrected chi connectivity index (χ1v) is 13.4. The Morgan fingerprint density at radius 2 is 1.16 bits per heavy atom. The molecule has 1 unspecified atom stereocenters. The first kappa shape index (κ1) is 25.6. The van der Waals surface area contributed by atoms with Gasteiger partial charge >= 0.3 is 6.16 Å². The van der Waals surface area contributed by atoms with Crippen molar-refractivity contribution in [1.29, 1.82) is 0 Å². The number of carbonyl (C=O) groups excluding carboxylic acids is 1. The molecule has 1 aliphatic rings. The SMILES string of the molecule is CC(C)OC(=O)Oc1ccc(CCc2ccc3c(c2)C(C)c2cc(CCc4ccc(O)cc4)ccc2-3)cc1. The molecule has 1 N–H and O–H groups in total. The molecule has 4 nitrogen and oxygen atoms in total. The van der Waals surface area contributed by atoms with Gasteiger partial charge in [0.15, 0.2) is 0 Å². The summed E-state index contributed by atoms with van der Waals surface area (Å²) < 4.78 is 10.2. The van der Waals surface area contributed by atoms with Crippen LogP contribution >= 0.6 is 0 Å². The van der Waals surface area contributed by atoms with Crippen LogP contribution in [0.1, 0.15) is 60.1 Å². The van der Waals surface area contributed by atoms with E-state index in [0.717, 1.165) is 25.7 Å². The van der Waals surface area contributed by atoms with Crippen LogP contribution in [0.15, 0.2) is 84.9 Å². The minimum absolute atomic E-state index is 0.205. The lowest BCUT2D eigenvalue weighted by Gasteiger charge is -2.10. The fourth-order valence-corrected chi connectivity index (χ4v) is 5.19. The summed E-state index contributed by atoms with van der Waals surface area (Å²) >= 11 is 0. The summed E-state index contributed by atoms with van der Waals surface area (Å²) in [7, 11) is 0. The topological polar surface area (TPSA) is 55.8 Å². The van der Waals surface area contributed by atoms with Crippen LogP contribution in [0.4, 0.5) is 4.79 Å². The first-order valence-electron chi connectivity index (χ1n) is 13.4. The van der Waals surface area contributed by atoms with Gasteiger partial charge in [-0.2, -0.15) is 0 Å². The van der Waals surface area contributed by atoms with Crippen molar-refractivity contribution in [2.24, 2.45) is 0 Å². The van der Waals surface area contributed by atoms with Gasteiger partial charge in [-0.05, 0) is 108 Å². The van der Waals surface area contributed by atoms with Gasteiger partial charge in [-0.3, -0.25) is 0 Å². The molecule has 5 rings (SSSR count). The molecular weight excluding hydrogens is 472 g/mol. The van der Waals surface area contributed by atoms with Crippen molar-refractivity contribution < 1.29 is 19.4 Å². The maximum absolute atomic E-state index is 11.7. The highest BCUT2D eigenvalue weighted by molar-refractivity contribution is 5.79. The molecule has 0 aromatic heterocycles. The lowest BCUT2D eigenvalue weighted by molar-refractivity contribution is 0.0729. The van der Waals surface area contributed by atoms with Crippen LogP contribution in [0.25, 0.3) is 11.1 Å². The summed E-state index contributed by atoms with van der Waals surface area (Å²) in [6.07, 6.45) is 2.92. The van der Waals surface area contributed by atoms with E-state index in [4.69, 9.17) is 9.47 Å². The van der Waals surface area contributed by atoms with Crippen LogP contribution in [0.5, 0.6) is 11.5 Å². The average Bonchev–Trinajstić information content (AvgIpc) is 3.18. The molecule has 0 bridgehead atoms. The number of ether oxygens (including phenoxy) is 2. The average molecular weight is 507 g/mol. The number of hydrogen-bond donors (Lipinski definition) is 1. The molecule has 0 heterocycles. The molecule has 0 fully saturated rings. The van der Waals surface area contributed by atoms with Gasteiger partial charge in [-0.25, -0.2) is 4.79 Å². The van der Waals surface area contributed by atoms with Crippen LogP contribution in [0, 0.1) is 0 Å². The number of fused-ring (bicyclic) bond motifs is 3. The van der Waals surface area contributed by atoms with E-state index in [9.17, 15) is 9.90 Å². The highest BCUT2D eigenvalue weighted by Gasteiger charge is 2.25. The van der Waals surface area contributed by atoms with E-state index >= 15 is 0 Å². The molecule has 4 aromatic carbocycles. The van der Waals surface area contributed by atoms with Crippen LogP contribution in [-0.2, 0) is 30.4 Å². The van der Waals surface area contributed by atoms with Gasteiger partial charge < -0.3 is 14.6 Å². The van der Waals surface area contributed by atoms with Crippen molar-refractivity contribution in [3.05, 3.63) is 118 Å². The Morgan fingerprint density at radius 3 is 1.66 bits per heavy atom. The monoisotopic (exact) mass is 506 g/mol. The van der Waals surface area contributed by atoms with Crippen molar-refractivity contribution in [1.82, 2.24) is 0 Å². The minimum Gasteiger partial charge on any atom is -0.508 e. The molecule has 4 heteroatoms. The first-order chi connectivity index (χ1) is 18.4. The van der Waals surface area contributed by atoms with Gasteiger partial charge in [0.1, 0.15) is 11.5 Å². The fourth-order valence-electron chi connectivity index (χ4n) is 5.19. The summed E-state index contributed by atoms with van der Waals surface area (Å²) in [6, 6.07) is 28.9. The van der Waals surface area contributed by atoms with Gasteiger partial charge in [-0.1, -0.05) is 67.6 Å². The summed E-state index contributed by atoms with van der Waals surface area (Å²) in [6.45, 7) is 5.89. The molecular formula is C34H34O4. The molecule has 0 saturated carbocycles. The Balaban J connectivity index is 1.21. The van der Waals surface area contributed by atoms with Crippen LogP contribution in [-0.4, -0.2) is 17.4 Å². The van der Waals surface area contributed by atoms with Gasteiger partial charge in [0.05, 0.1) is 6.10 Å². The Labute approximate surface area is 224 Å². The number of phenolic OH excluding ortho intramolecular Hbond substituents is 1. The quantitative estimate of drug-likeness (QED) is 0.194. The predicted molar refractivity (Wildman–Crippen MR) is 151 cm³/mol. The number of phenols is 1. The second-order valence-electron chi connectivity index (χ2n) is 10.4. The Bertz CT molecular complexity index is 1420. The van der Waals surface area contributed by atoms with E-state index < -0.39 is 6.16 Å². The molecule has 1 atom stereocenters. The van der Waals surface area contributed by atoms with E-state index in [2.05, 4.69) is 43.3 Å². The molecule has 0 radical (unpaired) electrons. The number of hydrogen-bond acceptors (Lipinski definition) is 4. The number of aromatic hydroxyl groups is 1. The molecule has 38 heavy (non-hydrogen) atoms. The molecule has 0 spiro atoms. The Hall–Kier alpha value is -4.05. The lowest BCUT2D eigenvalue weighted by Crippen LogP contribution is -2.15. The zero-order valence-electron chi connectivity index (χ0n) is 22.2. The van der Waals surface area contributed by atoms with E-state index in [1.807, 2.05) is 36.4 Å². The molecule has 0 aliphatic heterocycles. The summed E-state index contributed by atoms with van der Waals surface area (Å²) in [5.74, 6) is 1.17. The minimum atomic E-state index is -0.675. The van der Waals surface area contributed by atoms with E-state index in [-0.39, 0.29) is 6.10 Å². The number of benzene rings is 4. The van der Waals surface area contributed by atoms with E-state index in [0.29, 0.717) is 17.4 Å². The Morgan fingerprint density at radius 1 is 0.711 bits per heavy atom. The van der Waals surface area contributed by atoms with Crippen molar-refractivity contribution in [3.63, 3.8) is 0 Å². The molecule has 0 amide bonds. The molecule has 194 valence electrons. The van der Waals surface area contributed by atoms with Crippen LogP contribution in [0.3, 0.4) is 0 Å². The summed E-state index contributed by atoms with van der Waals surface area (Å²) in [5, 5.41) is 9.51. The second kappa shape index (κ2) is 11.1. The number of rotatable bonds is 8. The maximum atomic E-state index is 11.7. The second-order valence-corrected chi connectivity index (χ2v) is 10.4. The largest absolute Gasteiger partial charge is 0.514 e. The van der Waals surface area contributed by atoms with Crippen molar-refractivity contribution in [2.75, 3.05) is 0 Å². The third-order valence-corrected chi connectivity index (χ3v) is 7.25. The number of carbonyl (C=O) groups is 1. The smallest absolute Gasteiger partial charge is 0.508 e. The normalized spacial score (nSPS) is 13.7. The van der Waals surface area contributed by atoms with Crippen LogP contribution in [0.2, 0.25) is 0 Å². The highest BCUT2D eigenvalue weighted by Crippen LogP contribution is 2.45. The molecule has 1 aliphatic carbocycles. The molecule has 0 saturated heterocycles. The van der Waals surface area contributed by atoms with E-state index in [1.54, 1.807) is 26.0 Å². The lowest BCUT2D eigenvalue weighted by atomic mass is 9.94. The fraction of sp³-hybridized carbons (Fsp3) is 0.265. The van der Waals surface area contributed by atoms with Crippen molar-refractivity contribution in [2.45, 2.75) is 58.5 Å². The van der Waals surface area contributed by atoms with Crippen molar-refractivity contribution in [3.8, 4) is 22.6 Å². The summed E-state index contributed by atoms with van der Waals surface area (Å²) in [5.41, 5.74) is 10.6. The summed E-state index contributed by atoms with van der Waals surface area (Å²) in [4.78, 5) is 11.7. The number of aryl methyl sites for hydroxylation is 4. The van der Waals surface area contributed by atoms with Gasteiger partial charge in [-0.15, -0.1) is 0 Å². The zero-order chi connectivity index (χ0) is 26.6. The molecule has 4 aromatic rings. The van der Waals surface area contributed by atoms with E-state index in [1.165, 1.54) is 44.5 Å². The zero-order valence-corrected chi connectivity index (χ0v) is 22.2. The third kappa shape index (κ3) is 5.91. The van der Waals surface area contributed by atoms with Crippen LogP contribution < -0.4 is 4.74 Å². The maximum Gasteiger partial charge on any atom is 0.514 e. The third-order valence-electron chi connectivity index (χ3n) is 7.25. The Kier molecular flexibility index (Phi) is 7.50. The van der Waals surface area contributed by atoms with Gasteiger partial charge in [0.25, 0.3) is 0 Å².